The lowest BCUT2D eigenvalue weighted by Gasteiger charge is -2.16. The monoisotopic (exact) mass is 177 g/mol. The number of carbonyl (C=O) groups is 1. The van der Waals surface area contributed by atoms with Crippen LogP contribution in [0.4, 0.5) is 10.5 Å². The molecule has 68 valence electrons. The van der Waals surface area contributed by atoms with Crippen molar-refractivity contribution in [1.82, 2.24) is 0 Å². The molecule has 0 heterocycles. The summed E-state index contributed by atoms with van der Waals surface area (Å²) in [5.74, 6) is 0. The summed E-state index contributed by atoms with van der Waals surface area (Å²) < 4.78 is 0. The van der Waals surface area contributed by atoms with E-state index in [0.717, 1.165) is 0 Å². The first kappa shape index (κ1) is 9.32. The highest BCUT2D eigenvalue weighted by Gasteiger charge is 2.10. The fourth-order valence-corrected chi connectivity index (χ4v) is 1.03. The molecule has 0 aliphatic carbocycles. The van der Waals surface area contributed by atoms with Crippen LogP contribution in [0, 0.1) is 0 Å². The summed E-state index contributed by atoms with van der Waals surface area (Å²) >= 11 is 0. The number of hydrogen-bond donors (Lipinski definition) is 1. The van der Waals surface area contributed by atoms with E-state index in [-0.39, 0.29) is 0 Å². The zero-order valence-electron chi connectivity index (χ0n) is 7.18. The number of rotatable bonds is 3. The first-order valence-electron chi connectivity index (χ1n) is 3.92. The van der Waals surface area contributed by atoms with Gasteiger partial charge in [-0.2, -0.15) is 0 Å². The maximum atomic E-state index is 10.8. The summed E-state index contributed by atoms with van der Waals surface area (Å²) in [7, 11) is 0. The van der Waals surface area contributed by atoms with Crippen LogP contribution in [0.5, 0.6) is 0 Å². The third-order valence-corrected chi connectivity index (χ3v) is 1.61. The molecule has 0 aromatic heterocycles. The molecular formula is C10H11NO2. The summed E-state index contributed by atoms with van der Waals surface area (Å²) in [5, 5.41) is 8.84. The maximum absolute atomic E-state index is 10.8. The van der Waals surface area contributed by atoms with Crippen LogP contribution in [0.15, 0.2) is 43.0 Å². The lowest BCUT2D eigenvalue weighted by Crippen LogP contribution is -2.28. The van der Waals surface area contributed by atoms with Gasteiger partial charge < -0.3 is 5.11 Å². The van der Waals surface area contributed by atoms with Crippen molar-refractivity contribution in [3.05, 3.63) is 43.0 Å². The highest BCUT2D eigenvalue weighted by atomic mass is 16.4. The van der Waals surface area contributed by atoms with E-state index in [4.69, 9.17) is 5.11 Å². The molecule has 0 unspecified atom stereocenters. The summed E-state index contributed by atoms with van der Waals surface area (Å²) in [6.45, 7) is 3.81. The third kappa shape index (κ3) is 2.33. The van der Waals surface area contributed by atoms with Gasteiger partial charge in [-0.25, -0.2) is 4.79 Å². The predicted octanol–water partition coefficient (Wildman–Crippen LogP) is 2.36. The first-order valence-corrected chi connectivity index (χ1v) is 3.92. The SMILES string of the molecule is C=CCN(C(=O)O)c1ccccc1. The predicted molar refractivity (Wildman–Crippen MR) is 52.0 cm³/mol. The van der Waals surface area contributed by atoms with Gasteiger partial charge in [-0.1, -0.05) is 24.3 Å². The van der Waals surface area contributed by atoms with Crippen molar-refractivity contribution in [3.63, 3.8) is 0 Å². The Bertz CT molecular complexity index is 295. The molecule has 0 atom stereocenters. The van der Waals surface area contributed by atoms with Crippen LogP contribution in [0.1, 0.15) is 0 Å². The van der Waals surface area contributed by atoms with Crippen LogP contribution in [-0.4, -0.2) is 17.7 Å². The quantitative estimate of drug-likeness (QED) is 0.720. The average Bonchev–Trinajstić information content (AvgIpc) is 2.15. The minimum Gasteiger partial charge on any atom is -0.465 e. The number of amides is 1. The highest BCUT2D eigenvalue weighted by molar-refractivity contribution is 5.86. The number of hydrogen-bond acceptors (Lipinski definition) is 1. The number of carboxylic acid groups (broad SMARTS) is 1. The summed E-state index contributed by atoms with van der Waals surface area (Å²) in [5.41, 5.74) is 0.662. The zero-order valence-corrected chi connectivity index (χ0v) is 7.18. The van der Waals surface area contributed by atoms with Gasteiger partial charge in [0.2, 0.25) is 0 Å². The molecule has 0 aliphatic rings. The summed E-state index contributed by atoms with van der Waals surface area (Å²) in [4.78, 5) is 12.0. The summed E-state index contributed by atoms with van der Waals surface area (Å²) in [6.07, 6.45) is 0.590. The van der Waals surface area contributed by atoms with E-state index in [0.29, 0.717) is 12.2 Å². The Morgan fingerprint density at radius 3 is 2.54 bits per heavy atom. The Balaban J connectivity index is 2.88. The van der Waals surface area contributed by atoms with Crippen LogP contribution < -0.4 is 4.90 Å². The molecule has 0 radical (unpaired) electrons. The molecule has 1 N–H and O–H groups in total. The second-order valence-electron chi connectivity index (χ2n) is 2.52. The van der Waals surface area contributed by atoms with Crippen LogP contribution in [0.25, 0.3) is 0 Å². The molecule has 1 rings (SSSR count). The molecular weight excluding hydrogens is 166 g/mol. The molecule has 1 aromatic carbocycles. The van der Waals surface area contributed by atoms with Gasteiger partial charge in [0.15, 0.2) is 0 Å². The van der Waals surface area contributed by atoms with E-state index < -0.39 is 6.09 Å². The van der Waals surface area contributed by atoms with Crippen molar-refractivity contribution in [2.75, 3.05) is 11.4 Å². The van der Waals surface area contributed by atoms with Crippen molar-refractivity contribution in [1.29, 1.82) is 0 Å². The average molecular weight is 177 g/mol. The number of benzene rings is 1. The minimum atomic E-state index is -0.967. The fourth-order valence-electron chi connectivity index (χ4n) is 1.03. The molecule has 1 aromatic rings. The second kappa shape index (κ2) is 4.30. The van der Waals surface area contributed by atoms with E-state index in [1.807, 2.05) is 6.07 Å². The normalized spacial score (nSPS) is 9.23. The lowest BCUT2D eigenvalue weighted by molar-refractivity contribution is 0.202. The van der Waals surface area contributed by atoms with Crippen molar-refractivity contribution in [2.24, 2.45) is 0 Å². The van der Waals surface area contributed by atoms with Crippen molar-refractivity contribution in [2.45, 2.75) is 0 Å². The highest BCUT2D eigenvalue weighted by Crippen LogP contribution is 2.12. The standard InChI is InChI=1S/C10H11NO2/c1-2-8-11(10(12)13)9-6-4-3-5-7-9/h2-7H,1,8H2,(H,12,13). The number of nitrogens with zero attached hydrogens (tertiary/aromatic N) is 1. The first-order chi connectivity index (χ1) is 6.25. The van der Waals surface area contributed by atoms with Gasteiger partial charge in [-0.05, 0) is 12.1 Å². The molecule has 1 amide bonds. The van der Waals surface area contributed by atoms with E-state index in [9.17, 15) is 4.79 Å². The van der Waals surface area contributed by atoms with Gasteiger partial charge in [-0.15, -0.1) is 6.58 Å². The van der Waals surface area contributed by atoms with Crippen molar-refractivity contribution in [3.8, 4) is 0 Å². The molecule has 3 nitrogen and oxygen atoms in total. The summed E-state index contributed by atoms with van der Waals surface area (Å²) in [6, 6.07) is 8.94. The van der Waals surface area contributed by atoms with Crippen LogP contribution >= 0.6 is 0 Å². The van der Waals surface area contributed by atoms with Crippen molar-refractivity contribution >= 4 is 11.8 Å². The van der Waals surface area contributed by atoms with Crippen LogP contribution in [-0.2, 0) is 0 Å². The lowest BCUT2D eigenvalue weighted by atomic mass is 10.3. The smallest absolute Gasteiger partial charge is 0.412 e. The van der Waals surface area contributed by atoms with Crippen molar-refractivity contribution < 1.29 is 9.90 Å². The largest absolute Gasteiger partial charge is 0.465 e. The van der Waals surface area contributed by atoms with E-state index in [2.05, 4.69) is 6.58 Å². The van der Waals surface area contributed by atoms with Gasteiger partial charge in [0, 0.05) is 12.2 Å². The van der Waals surface area contributed by atoms with Gasteiger partial charge in [-0.3, -0.25) is 4.90 Å². The molecule has 0 fully saturated rings. The fraction of sp³-hybridized carbons (Fsp3) is 0.100. The van der Waals surface area contributed by atoms with Crippen LogP contribution in [0.3, 0.4) is 0 Å². The van der Waals surface area contributed by atoms with Crippen LogP contribution in [0.2, 0.25) is 0 Å². The Hall–Kier alpha value is -1.77. The number of para-hydroxylation sites is 1. The van der Waals surface area contributed by atoms with Gasteiger partial charge in [0.1, 0.15) is 0 Å². The van der Waals surface area contributed by atoms with E-state index >= 15 is 0 Å². The minimum absolute atomic E-state index is 0.305. The molecule has 0 spiro atoms. The maximum Gasteiger partial charge on any atom is 0.412 e. The zero-order chi connectivity index (χ0) is 9.68. The Morgan fingerprint density at radius 1 is 1.46 bits per heavy atom. The molecule has 13 heavy (non-hydrogen) atoms. The molecule has 0 bridgehead atoms. The second-order valence-corrected chi connectivity index (χ2v) is 2.52. The van der Waals surface area contributed by atoms with Gasteiger partial charge in [0.25, 0.3) is 0 Å². The van der Waals surface area contributed by atoms with Gasteiger partial charge in [0.05, 0.1) is 0 Å². The Labute approximate surface area is 76.9 Å². The van der Waals surface area contributed by atoms with E-state index in [1.54, 1.807) is 30.3 Å². The van der Waals surface area contributed by atoms with E-state index in [1.165, 1.54) is 4.90 Å². The molecule has 0 saturated heterocycles. The molecule has 0 aliphatic heterocycles. The Kier molecular flexibility index (Phi) is 3.09. The van der Waals surface area contributed by atoms with Gasteiger partial charge >= 0.3 is 6.09 Å². The molecule has 3 heteroatoms. The number of anilines is 1. The topological polar surface area (TPSA) is 40.5 Å². The Morgan fingerprint density at radius 2 is 2.08 bits per heavy atom. The molecule has 0 saturated carbocycles. The third-order valence-electron chi connectivity index (χ3n) is 1.61.